The second kappa shape index (κ2) is 5.79. The van der Waals surface area contributed by atoms with E-state index >= 15 is 0 Å². The van der Waals surface area contributed by atoms with Gasteiger partial charge in [0, 0.05) is 25.8 Å². The summed E-state index contributed by atoms with van der Waals surface area (Å²) in [6.45, 7) is 4.03. The van der Waals surface area contributed by atoms with E-state index in [-0.39, 0.29) is 16.9 Å². The lowest BCUT2D eigenvalue weighted by atomic mass is 10.1. The molecule has 3 heterocycles. The molecular formula is C16H20N4O2. The van der Waals surface area contributed by atoms with Crippen molar-refractivity contribution in [1.29, 1.82) is 0 Å². The van der Waals surface area contributed by atoms with Crippen LogP contribution in [-0.4, -0.2) is 33.4 Å². The number of carbonyl (C=O) groups is 1. The molecule has 1 aliphatic heterocycles. The van der Waals surface area contributed by atoms with Gasteiger partial charge in [-0.25, -0.2) is 4.98 Å². The average Bonchev–Trinajstić information content (AvgIpc) is 2.56. The summed E-state index contributed by atoms with van der Waals surface area (Å²) in [4.78, 5) is 31.4. The largest absolute Gasteiger partial charge is 0.397 e. The standard InChI is InChI=1S/C16H20N4O2/c1-2-19-10-13(16(22)20-6-4-3-5-7-20)14(21)12-8-11(17)9-18-15(12)19/h8-10H,2-7,17H2,1H3. The molecule has 6 heteroatoms. The number of nitrogen functional groups attached to an aromatic ring is 1. The molecule has 2 aromatic rings. The van der Waals surface area contributed by atoms with Gasteiger partial charge in [0.15, 0.2) is 0 Å². The Bertz CT molecular complexity index is 776. The number of piperidine rings is 1. The smallest absolute Gasteiger partial charge is 0.259 e. The number of anilines is 1. The molecule has 0 aliphatic carbocycles. The molecule has 2 N–H and O–H groups in total. The molecule has 116 valence electrons. The molecule has 3 rings (SSSR count). The Morgan fingerprint density at radius 1 is 1.32 bits per heavy atom. The third-order valence-corrected chi connectivity index (χ3v) is 4.15. The zero-order chi connectivity index (χ0) is 15.7. The van der Waals surface area contributed by atoms with Crippen LogP contribution >= 0.6 is 0 Å². The van der Waals surface area contributed by atoms with Gasteiger partial charge in [0.2, 0.25) is 5.43 Å². The molecular weight excluding hydrogens is 280 g/mol. The fourth-order valence-corrected chi connectivity index (χ4v) is 2.95. The topological polar surface area (TPSA) is 81.2 Å². The summed E-state index contributed by atoms with van der Waals surface area (Å²) in [6.07, 6.45) is 6.29. The number of hydrogen-bond acceptors (Lipinski definition) is 4. The van der Waals surface area contributed by atoms with Crippen LogP contribution in [0, 0.1) is 0 Å². The van der Waals surface area contributed by atoms with Gasteiger partial charge in [-0.3, -0.25) is 9.59 Å². The lowest BCUT2D eigenvalue weighted by molar-refractivity contribution is 0.0722. The van der Waals surface area contributed by atoms with Crippen molar-refractivity contribution < 1.29 is 4.79 Å². The van der Waals surface area contributed by atoms with Crippen molar-refractivity contribution in [2.24, 2.45) is 0 Å². The van der Waals surface area contributed by atoms with Gasteiger partial charge in [-0.15, -0.1) is 0 Å². The maximum Gasteiger partial charge on any atom is 0.259 e. The zero-order valence-corrected chi connectivity index (χ0v) is 12.7. The first-order chi connectivity index (χ1) is 10.6. The number of aromatic nitrogens is 2. The normalized spacial score (nSPS) is 15.2. The Morgan fingerprint density at radius 3 is 2.73 bits per heavy atom. The molecule has 6 nitrogen and oxygen atoms in total. The molecule has 0 saturated carbocycles. The van der Waals surface area contributed by atoms with Crippen molar-refractivity contribution in [2.75, 3.05) is 18.8 Å². The van der Waals surface area contributed by atoms with E-state index < -0.39 is 0 Å². The van der Waals surface area contributed by atoms with Gasteiger partial charge in [0.05, 0.1) is 17.3 Å². The maximum absolute atomic E-state index is 12.7. The molecule has 1 fully saturated rings. The second-order valence-electron chi connectivity index (χ2n) is 5.65. The van der Waals surface area contributed by atoms with Crippen molar-refractivity contribution in [1.82, 2.24) is 14.5 Å². The van der Waals surface area contributed by atoms with Crippen LogP contribution in [-0.2, 0) is 6.54 Å². The van der Waals surface area contributed by atoms with E-state index in [9.17, 15) is 9.59 Å². The first-order valence-electron chi connectivity index (χ1n) is 7.69. The first-order valence-corrected chi connectivity index (χ1v) is 7.69. The number of hydrogen-bond donors (Lipinski definition) is 1. The Morgan fingerprint density at radius 2 is 2.05 bits per heavy atom. The molecule has 0 radical (unpaired) electrons. The monoisotopic (exact) mass is 300 g/mol. The molecule has 1 saturated heterocycles. The van der Waals surface area contributed by atoms with Gasteiger partial charge in [-0.05, 0) is 32.3 Å². The lowest BCUT2D eigenvalue weighted by Crippen LogP contribution is -2.38. The highest BCUT2D eigenvalue weighted by molar-refractivity contribution is 5.97. The minimum Gasteiger partial charge on any atom is -0.397 e. The molecule has 0 spiro atoms. The van der Waals surface area contributed by atoms with E-state index in [1.165, 1.54) is 6.20 Å². The average molecular weight is 300 g/mol. The molecule has 0 aromatic carbocycles. The molecule has 1 aliphatic rings. The van der Waals surface area contributed by atoms with Crippen LogP contribution in [0.2, 0.25) is 0 Å². The summed E-state index contributed by atoms with van der Waals surface area (Å²) in [7, 11) is 0. The number of aryl methyl sites for hydroxylation is 1. The molecule has 1 amide bonds. The number of carbonyl (C=O) groups excluding carboxylic acids is 1. The summed E-state index contributed by atoms with van der Waals surface area (Å²) in [5.41, 5.74) is 6.67. The van der Waals surface area contributed by atoms with Crippen LogP contribution in [0.25, 0.3) is 11.0 Å². The van der Waals surface area contributed by atoms with E-state index in [4.69, 9.17) is 5.73 Å². The Balaban J connectivity index is 2.15. The van der Waals surface area contributed by atoms with Crippen molar-refractivity contribution >= 4 is 22.6 Å². The Hall–Kier alpha value is -2.37. The highest BCUT2D eigenvalue weighted by Gasteiger charge is 2.22. The van der Waals surface area contributed by atoms with E-state index in [0.717, 1.165) is 32.4 Å². The fourth-order valence-electron chi connectivity index (χ4n) is 2.95. The number of amides is 1. The van der Waals surface area contributed by atoms with Gasteiger partial charge in [0.1, 0.15) is 11.2 Å². The fraction of sp³-hybridized carbons (Fsp3) is 0.438. The van der Waals surface area contributed by atoms with Gasteiger partial charge in [-0.2, -0.15) is 0 Å². The predicted molar refractivity (Wildman–Crippen MR) is 85.8 cm³/mol. The number of nitrogens with two attached hydrogens (primary N) is 1. The van der Waals surface area contributed by atoms with Crippen LogP contribution in [0.15, 0.2) is 23.3 Å². The summed E-state index contributed by atoms with van der Waals surface area (Å²) in [5, 5.41) is 0.407. The molecule has 0 unspecified atom stereocenters. The molecule has 0 bridgehead atoms. The number of likely N-dealkylation sites (tertiary alicyclic amines) is 1. The molecule has 0 atom stereocenters. The van der Waals surface area contributed by atoms with Crippen molar-refractivity contribution in [3.63, 3.8) is 0 Å². The zero-order valence-electron chi connectivity index (χ0n) is 12.7. The van der Waals surface area contributed by atoms with Crippen molar-refractivity contribution in [3.05, 3.63) is 34.2 Å². The maximum atomic E-state index is 12.7. The van der Waals surface area contributed by atoms with E-state index in [1.54, 1.807) is 17.2 Å². The van der Waals surface area contributed by atoms with E-state index in [0.29, 0.717) is 23.3 Å². The van der Waals surface area contributed by atoms with Crippen molar-refractivity contribution in [2.45, 2.75) is 32.7 Å². The minimum atomic E-state index is -0.282. The third kappa shape index (κ3) is 2.45. The van der Waals surface area contributed by atoms with Gasteiger partial charge < -0.3 is 15.2 Å². The molecule has 2 aromatic heterocycles. The quantitative estimate of drug-likeness (QED) is 0.914. The Kier molecular flexibility index (Phi) is 3.83. The number of fused-ring (bicyclic) bond motifs is 1. The number of rotatable bonds is 2. The number of pyridine rings is 2. The summed E-state index contributed by atoms with van der Waals surface area (Å²) >= 11 is 0. The van der Waals surface area contributed by atoms with Crippen LogP contribution in [0.3, 0.4) is 0 Å². The Labute approximate surface area is 128 Å². The van der Waals surface area contributed by atoms with Crippen LogP contribution in [0.1, 0.15) is 36.5 Å². The summed E-state index contributed by atoms with van der Waals surface area (Å²) in [6, 6.07) is 1.60. The lowest BCUT2D eigenvalue weighted by Gasteiger charge is -2.26. The third-order valence-electron chi connectivity index (χ3n) is 4.15. The van der Waals surface area contributed by atoms with Gasteiger partial charge in [0.25, 0.3) is 5.91 Å². The second-order valence-corrected chi connectivity index (χ2v) is 5.65. The molecule has 22 heavy (non-hydrogen) atoms. The summed E-state index contributed by atoms with van der Waals surface area (Å²) in [5.74, 6) is -0.184. The van der Waals surface area contributed by atoms with Crippen LogP contribution in [0.5, 0.6) is 0 Å². The van der Waals surface area contributed by atoms with E-state index in [2.05, 4.69) is 4.98 Å². The van der Waals surface area contributed by atoms with E-state index in [1.807, 2.05) is 11.5 Å². The van der Waals surface area contributed by atoms with Crippen LogP contribution < -0.4 is 11.2 Å². The first kappa shape index (κ1) is 14.6. The minimum absolute atomic E-state index is 0.184. The summed E-state index contributed by atoms with van der Waals surface area (Å²) < 4.78 is 1.83. The van der Waals surface area contributed by atoms with Gasteiger partial charge >= 0.3 is 0 Å². The predicted octanol–water partition coefficient (Wildman–Crippen LogP) is 1.62. The van der Waals surface area contributed by atoms with Gasteiger partial charge in [-0.1, -0.05) is 0 Å². The highest BCUT2D eigenvalue weighted by atomic mass is 16.2. The van der Waals surface area contributed by atoms with Crippen molar-refractivity contribution in [3.8, 4) is 0 Å². The SMILES string of the molecule is CCn1cc(C(=O)N2CCCCC2)c(=O)c2cc(N)cnc21. The van der Waals surface area contributed by atoms with Crippen LogP contribution in [0.4, 0.5) is 5.69 Å². The highest BCUT2D eigenvalue weighted by Crippen LogP contribution is 2.16. The number of nitrogens with zero attached hydrogens (tertiary/aromatic N) is 3.